The summed E-state index contributed by atoms with van der Waals surface area (Å²) in [4.78, 5) is 7.63. The number of nitrogens with zero attached hydrogens (tertiary/aromatic N) is 4. The molecule has 2 aromatic heterocycles. The molecule has 0 radical (unpaired) electrons. The Morgan fingerprint density at radius 3 is 2.20 bits per heavy atom. The molecule has 1 aliphatic heterocycles. The van der Waals surface area contributed by atoms with Gasteiger partial charge in [-0.3, -0.25) is 4.99 Å². The van der Waals surface area contributed by atoms with E-state index in [-0.39, 0.29) is 12.2 Å². The summed E-state index contributed by atoms with van der Waals surface area (Å²) >= 11 is 0. The van der Waals surface area contributed by atoms with E-state index in [2.05, 4.69) is 172 Å². The lowest BCUT2D eigenvalue weighted by atomic mass is 10.0. The van der Waals surface area contributed by atoms with Gasteiger partial charge in [-0.05, 0) is 71.6 Å². The lowest BCUT2D eigenvalue weighted by molar-refractivity contribution is 0.696. The Bertz CT molecular complexity index is 2480. The maximum atomic E-state index is 5.21. The molecular formula is C41H28N4. The Hall–Kier alpha value is -5.87. The van der Waals surface area contributed by atoms with Crippen molar-refractivity contribution in [3.8, 4) is 11.4 Å². The molecule has 2 atom stereocenters. The van der Waals surface area contributed by atoms with Crippen LogP contribution in [-0.4, -0.2) is 20.9 Å². The number of hydrogen-bond donors (Lipinski definition) is 0. The highest BCUT2D eigenvalue weighted by atomic mass is 15.3. The Kier molecular flexibility index (Phi) is 5.08. The zero-order valence-electron chi connectivity index (χ0n) is 24.5. The summed E-state index contributed by atoms with van der Waals surface area (Å²) < 4.78 is 4.76. The Balaban J connectivity index is 1.15. The molecule has 0 saturated carbocycles. The van der Waals surface area contributed by atoms with Crippen molar-refractivity contribution in [1.82, 2.24) is 9.13 Å². The standard InChI is InChI=1S/C41H28N4/c1-3-11-30(12-4-1)43-25-24-29-26-37-39-33(40(29)43)23-20-27-10-9-17-36(38(27)39)44(37)32-21-18-28(19-22-32)41-42-34-15-7-8-16-35(34)45(41)31-13-5-2-6-14-31/h1-26,35,41H. The summed E-state index contributed by atoms with van der Waals surface area (Å²) in [5, 5.41) is 6.41. The van der Waals surface area contributed by atoms with Crippen LogP contribution < -0.4 is 4.90 Å². The summed E-state index contributed by atoms with van der Waals surface area (Å²) in [6, 6.07) is 46.3. The van der Waals surface area contributed by atoms with Gasteiger partial charge in [-0.15, -0.1) is 0 Å². The molecule has 0 spiro atoms. The maximum Gasteiger partial charge on any atom is 0.148 e. The molecule has 212 valence electrons. The van der Waals surface area contributed by atoms with Crippen LogP contribution in [0, 0.1) is 0 Å². The van der Waals surface area contributed by atoms with Crippen molar-refractivity contribution < 1.29 is 0 Å². The lowest BCUT2D eigenvalue weighted by Crippen LogP contribution is -2.35. The third-order valence-electron chi connectivity index (χ3n) is 9.57. The molecule has 0 saturated heterocycles. The van der Waals surface area contributed by atoms with Crippen molar-refractivity contribution in [3.05, 3.63) is 163 Å². The van der Waals surface area contributed by atoms with Crippen molar-refractivity contribution in [2.24, 2.45) is 4.99 Å². The zero-order valence-corrected chi connectivity index (χ0v) is 24.5. The number of para-hydroxylation sites is 2. The van der Waals surface area contributed by atoms with Gasteiger partial charge in [-0.25, -0.2) is 0 Å². The third-order valence-corrected chi connectivity index (χ3v) is 9.57. The molecule has 10 rings (SSSR count). The largest absolute Gasteiger partial charge is 0.334 e. The minimum absolute atomic E-state index is 0.0890. The molecule has 2 unspecified atom stereocenters. The molecule has 4 heteroatoms. The number of aliphatic imine (C=N–C) groups is 1. The molecule has 2 aliphatic rings. The molecule has 8 aromatic rings. The number of anilines is 1. The van der Waals surface area contributed by atoms with E-state index in [0.717, 1.165) is 11.4 Å². The fraction of sp³-hybridized carbons (Fsp3) is 0.0488. The summed E-state index contributed by atoms with van der Waals surface area (Å²) in [5.41, 5.74) is 9.50. The van der Waals surface area contributed by atoms with Gasteiger partial charge in [-0.1, -0.05) is 91.0 Å². The number of rotatable bonds is 4. The number of fused-ring (bicyclic) bond motifs is 3. The van der Waals surface area contributed by atoms with Crippen LogP contribution in [0.5, 0.6) is 0 Å². The van der Waals surface area contributed by atoms with Gasteiger partial charge in [-0.2, -0.15) is 0 Å². The molecule has 0 N–H and O–H groups in total. The zero-order chi connectivity index (χ0) is 29.5. The van der Waals surface area contributed by atoms with E-state index in [1.807, 2.05) is 0 Å². The minimum Gasteiger partial charge on any atom is -0.334 e. The first kappa shape index (κ1) is 24.6. The fourth-order valence-corrected chi connectivity index (χ4v) is 7.63. The van der Waals surface area contributed by atoms with Crippen LogP contribution in [0.1, 0.15) is 11.7 Å². The smallest absolute Gasteiger partial charge is 0.148 e. The highest BCUT2D eigenvalue weighted by molar-refractivity contribution is 6.29. The highest BCUT2D eigenvalue weighted by Crippen LogP contribution is 2.43. The molecule has 1 aliphatic carbocycles. The van der Waals surface area contributed by atoms with Crippen molar-refractivity contribution in [2.75, 3.05) is 4.90 Å². The van der Waals surface area contributed by atoms with Crippen molar-refractivity contribution in [1.29, 1.82) is 0 Å². The predicted molar refractivity (Wildman–Crippen MR) is 187 cm³/mol. The number of benzene rings is 6. The summed E-state index contributed by atoms with van der Waals surface area (Å²) in [5.74, 6) is 0. The van der Waals surface area contributed by atoms with Gasteiger partial charge in [0.1, 0.15) is 6.17 Å². The van der Waals surface area contributed by atoms with E-state index >= 15 is 0 Å². The molecule has 0 bridgehead atoms. The van der Waals surface area contributed by atoms with E-state index in [4.69, 9.17) is 4.99 Å². The maximum absolute atomic E-state index is 5.21. The lowest BCUT2D eigenvalue weighted by Gasteiger charge is -2.31. The van der Waals surface area contributed by atoms with Crippen LogP contribution in [0.3, 0.4) is 0 Å². The SMILES string of the molecule is C1=CC2=NC(c3ccc(-n4c5cccc6ccc7c(c65)c4cc4ccn(-c5ccccc5)c47)cc3)N(c3ccccc3)C2C=C1. The van der Waals surface area contributed by atoms with Gasteiger partial charge in [0.2, 0.25) is 0 Å². The van der Waals surface area contributed by atoms with Crippen LogP contribution in [0.15, 0.2) is 163 Å². The first-order valence-electron chi connectivity index (χ1n) is 15.5. The third kappa shape index (κ3) is 3.51. The van der Waals surface area contributed by atoms with Gasteiger partial charge in [0, 0.05) is 44.8 Å². The second-order valence-corrected chi connectivity index (χ2v) is 12.0. The Morgan fingerprint density at radius 1 is 0.578 bits per heavy atom. The Labute approximate surface area is 260 Å². The van der Waals surface area contributed by atoms with E-state index in [1.54, 1.807) is 0 Å². The van der Waals surface area contributed by atoms with Crippen molar-refractivity contribution in [3.63, 3.8) is 0 Å². The number of allylic oxidation sites excluding steroid dienone is 2. The monoisotopic (exact) mass is 576 g/mol. The van der Waals surface area contributed by atoms with Crippen LogP contribution in [0.25, 0.3) is 54.9 Å². The van der Waals surface area contributed by atoms with Gasteiger partial charge in [0.15, 0.2) is 0 Å². The van der Waals surface area contributed by atoms with Gasteiger partial charge < -0.3 is 14.0 Å². The fourth-order valence-electron chi connectivity index (χ4n) is 7.63. The van der Waals surface area contributed by atoms with E-state index in [9.17, 15) is 0 Å². The summed E-state index contributed by atoms with van der Waals surface area (Å²) in [7, 11) is 0. The summed E-state index contributed by atoms with van der Waals surface area (Å²) in [6.07, 6.45) is 10.7. The quantitative estimate of drug-likeness (QED) is 0.192. The molecule has 45 heavy (non-hydrogen) atoms. The first-order chi connectivity index (χ1) is 22.3. The highest BCUT2D eigenvalue weighted by Gasteiger charge is 2.35. The van der Waals surface area contributed by atoms with Crippen molar-refractivity contribution in [2.45, 2.75) is 12.2 Å². The van der Waals surface area contributed by atoms with Gasteiger partial charge >= 0.3 is 0 Å². The minimum atomic E-state index is -0.0890. The average Bonchev–Trinajstić information content (AvgIpc) is 3.81. The second-order valence-electron chi connectivity index (χ2n) is 12.0. The van der Waals surface area contributed by atoms with Crippen LogP contribution in [0.4, 0.5) is 5.69 Å². The number of aromatic nitrogens is 2. The van der Waals surface area contributed by atoms with Gasteiger partial charge in [0.05, 0.1) is 28.3 Å². The molecular weight excluding hydrogens is 548 g/mol. The topological polar surface area (TPSA) is 25.5 Å². The molecule has 6 aromatic carbocycles. The molecule has 3 heterocycles. The van der Waals surface area contributed by atoms with Crippen LogP contribution in [-0.2, 0) is 0 Å². The normalized spacial score (nSPS) is 17.7. The van der Waals surface area contributed by atoms with Gasteiger partial charge in [0.25, 0.3) is 0 Å². The van der Waals surface area contributed by atoms with E-state index in [0.29, 0.717) is 0 Å². The van der Waals surface area contributed by atoms with E-state index in [1.165, 1.54) is 60.4 Å². The van der Waals surface area contributed by atoms with Crippen molar-refractivity contribution >= 4 is 54.9 Å². The first-order valence-corrected chi connectivity index (χ1v) is 15.5. The Morgan fingerprint density at radius 2 is 1.38 bits per heavy atom. The second kappa shape index (κ2) is 9.31. The average molecular weight is 577 g/mol. The van der Waals surface area contributed by atoms with E-state index < -0.39 is 0 Å². The molecule has 0 amide bonds. The summed E-state index contributed by atoms with van der Waals surface area (Å²) in [6.45, 7) is 0. The number of hydrogen-bond acceptors (Lipinski definition) is 2. The predicted octanol–water partition coefficient (Wildman–Crippen LogP) is 9.77. The van der Waals surface area contributed by atoms with Crippen LogP contribution >= 0.6 is 0 Å². The molecule has 4 nitrogen and oxygen atoms in total. The van der Waals surface area contributed by atoms with Crippen LogP contribution in [0.2, 0.25) is 0 Å². The molecule has 0 fully saturated rings.